The first kappa shape index (κ1) is 18.0. The zero-order valence-electron chi connectivity index (χ0n) is 16.8. The minimum absolute atomic E-state index is 0.234. The molecule has 1 saturated carbocycles. The number of nitrogens with zero attached hydrogens (tertiary/aromatic N) is 5. The highest BCUT2D eigenvalue weighted by molar-refractivity contribution is 6.02. The monoisotopic (exact) mass is 418 g/mol. The van der Waals surface area contributed by atoms with E-state index in [0.717, 1.165) is 54.2 Å². The second kappa shape index (κ2) is 6.59. The van der Waals surface area contributed by atoms with E-state index in [4.69, 9.17) is 21.2 Å². The Labute approximate surface area is 177 Å². The highest BCUT2D eigenvalue weighted by Crippen LogP contribution is 2.39. The number of carbonyl (C=O) groups is 1. The molecule has 0 saturated heterocycles. The predicted molar refractivity (Wildman–Crippen MR) is 113 cm³/mol. The van der Waals surface area contributed by atoms with Gasteiger partial charge in [0.25, 0.3) is 0 Å². The molecule has 2 aromatic rings. The maximum atomic E-state index is 12.0. The Bertz CT molecular complexity index is 1230. The molecule has 10 nitrogen and oxygen atoms in total. The topological polar surface area (TPSA) is 136 Å². The first-order chi connectivity index (χ1) is 15.1. The van der Waals surface area contributed by atoms with E-state index >= 15 is 0 Å². The van der Waals surface area contributed by atoms with Crippen LogP contribution in [0.5, 0.6) is 0 Å². The predicted octanol–water partition coefficient (Wildman–Crippen LogP) is 0.640. The zero-order valence-corrected chi connectivity index (χ0v) is 16.8. The number of pyridine rings is 1. The number of hydrogen-bond donors (Lipinski definition) is 3. The normalized spacial score (nSPS) is 21.0. The van der Waals surface area contributed by atoms with Crippen LogP contribution in [0.2, 0.25) is 0 Å². The van der Waals surface area contributed by atoms with E-state index in [1.165, 1.54) is 5.57 Å². The lowest BCUT2D eigenvalue weighted by Gasteiger charge is -2.30. The molecule has 1 aliphatic carbocycles. The summed E-state index contributed by atoms with van der Waals surface area (Å²) >= 11 is 0. The molecular weight excluding hydrogens is 396 g/mol. The number of nitrogens with one attached hydrogen (secondary N) is 1. The van der Waals surface area contributed by atoms with Gasteiger partial charge in [0.05, 0.1) is 11.4 Å². The number of fused-ring (bicyclic) bond motifs is 1. The van der Waals surface area contributed by atoms with Gasteiger partial charge in [-0.1, -0.05) is 0 Å². The van der Waals surface area contributed by atoms with Crippen LogP contribution in [0.15, 0.2) is 58.3 Å². The van der Waals surface area contributed by atoms with Crippen molar-refractivity contribution in [1.82, 2.24) is 24.8 Å². The average Bonchev–Trinajstić information content (AvgIpc) is 3.42. The summed E-state index contributed by atoms with van der Waals surface area (Å²) < 4.78 is 7.48. The first-order valence-electron chi connectivity index (χ1n) is 10.4. The number of amidine groups is 1. The van der Waals surface area contributed by atoms with Crippen LogP contribution in [0.25, 0.3) is 5.65 Å². The number of rotatable bonds is 5. The van der Waals surface area contributed by atoms with Gasteiger partial charge in [0.1, 0.15) is 24.7 Å². The van der Waals surface area contributed by atoms with Gasteiger partial charge in [0, 0.05) is 30.1 Å². The molecule has 1 amide bonds. The van der Waals surface area contributed by atoms with Crippen molar-refractivity contribution in [2.75, 3.05) is 18.9 Å². The molecule has 4 aliphatic rings. The Morgan fingerprint density at radius 3 is 3.00 bits per heavy atom. The summed E-state index contributed by atoms with van der Waals surface area (Å²) in [5.74, 6) is 1.00. The lowest BCUT2D eigenvalue weighted by Crippen LogP contribution is -2.43. The molecule has 0 bridgehead atoms. The fraction of sp³-hybridized carbons (Fsp3) is 0.333. The molecule has 5 heterocycles. The van der Waals surface area contributed by atoms with Crippen LogP contribution in [0, 0.1) is 5.92 Å². The number of aliphatic imine (C=N–C) groups is 1. The van der Waals surface area contributed by atoms with Crippen molar-refractivity contribution in [2.24, 2.45) is 16.6 Å². The number of anilines is 1. The zero-order chi connectivity index (χ0) is 21.1. The summed E-state index contributed by atoms with van der Waals surface area (Å²) in [6.07, 6.45) is 8.30. The molecule has 158 valence electrons. The van der Waals surface area contributed by atoms with Crippen molar-refractivity contribution in [1.29, 1.82) is 0 Å². The van der Waals surface area contributed by atoms with Crippen molar-refractivity contribution < 1.29 is 9.53 Å². The Morgan fingerprint density at radius 1 is 1.32 bits per heavy atom. The minimum Gasteiger partial charge on any atom is -0.495 e. The molecule has 0 aromatic carbocycles. The molecule has 1 fully saturated rings. The van der Waals surface area contributed by atoms with E-state index in [2.05, 4.69) is 20.3 Å². The van der Waals surface area contributed by atoms with Crippen molar-refractivity contribution >= 4 is 23.3 Å². The molecular formula is C21H22N8O2. The van der Waals surface area contributed by atoms with Gasteiger partial charge in [-0.15, -0.1) is 5.10 Å². The molecule has 3 aliphatic heterocycles. The molecule has 5 N–H and O–H groups in total. The highest BCUT2D eigenvalue weighted by Gasteiger charge is 2.39. The second-order valence-electron chi connectivity index (χ2n) is 8.24. The lowest BCUT2D eigenvalue weighted by molar-refractivity contribution is -0.120. The smallest absolute Gasteiger partial charge is 0.240 e. The lowest BCUT2D eigenvalue weighted by atomic mass is 10.0. The van der Waals surface area contributed by atoms with Crippen LogP contribution in [0.1, 0.15) is 24.8 Å². The highest BCUT2D eigenvalue weighted by atomic mass is 16.5. The summed E-state index contributed by atoms with van der Waals surface area (Å²) in [5.41, 5.74) is 16.9. The molecule has 10 heteroatoms. The SMILES string of the molecule is NC(=O)C(NC1=COCC2=C3C1=CN=C(c1ccc4nc(N)nn4c1)N3CC2)C1CC1. The molecule has 2 aromatic heterocycles. The van der Waals surface area contributed by atoms with Crippen molar-refractivity contribution in [2.45, 2.75) is 25.3 Å². The number of ether oxygens (including phenoxy) is 1. The third kappa shape index (κ3) is 2.94. The maximum Gasteiger partial charge on any atom is 0.240 e. The van der Waals surface area contributed by atoms with Gasteiger partial charge in [-0.3, -0.25) is 4.79 Å². The number of nitrogens with two attached hydrogens (primary N) is 2. The Morgan fingerprint density at radius 2 is 2.19 bits per heavy atom. The quantitative estimate of drug-likeness (QED) is 0.648. The molecule has 1 atom stereocenters. The van der Waals surface area contributed by atoms with Crippen molar-refractivity contribution in [3.05, 3.63) is 58.9 Å². The maximum absolute atomic E-state index is 12.0. The van der Waals surface area contributed by atoms with Crippen LogP contribution in [-0.2, 0) is 9.53 Å². The number of amides is 1. The molecule has 0 radical (unpaired) electrons. The summed E-state index contributed by atoms with van der Waals surface area (Å²) in [4.78, 5) is 23.2. The number of carbonyl (C=O) groups excluding carboxylic acids is 1. The second-order valence-corrected chi connectivity index (χ2v) is 8.24. The Kier molecular flexibility index (Phi) is 3.83. The van der Waals surface area contributed by atoms with Crippen LogP contribution in [-0.4, -0.2) is 50.4 Å². The van der Waals surface area contributed by atoms with Crippen LogP contribution in [0.4, 0.5) is 5.95 Å². The number of aromatic nitrogens is 3. The third-order valence-corrected chi connectivity index (χ3v) is 6.13. The van der Waals surface area contributed by atoms with E-state index in [0.29, 0.717) is 12.3 Å². The summed E-state index contributed by atoms with van der Waals surface area (Å²) in [6, 6.07) is 3.44. The largest absolute Gasteiger partial charge is 0.495 e. The van der Waals surface area contributed by atoms with E-state index in [9.17, 15) is 4.79 Å². The molecule has 6 rings (SSSR count). The summed E-state index contributed by atoms with van der Waals surface area (Å²) in [6.45, 7) is 1.31. The van der Waals surface area contributed by atoms with Crippen molar-refractivity contribution in [3.63, 3.8) is 0 Å². The first-order valence-corrected chi connectivity index (χ1v) is 10.4. The number of hydrogen-bond acceptors (Lipinski definition) is 8. The van der Waals surface area contributed by atoms with E-state index < -0.39 is 6.04 Å². The average molecular weight is 418 g/mol. The number of nitrogen functional groups attached to an aromatic ring is 1. The fourth-order valence-electron chi connectivity index (χ4n) is 4.49. The third-order valence-electron chi connectivity index (χ3n) is 6.13. The molecule has 31 heavy (non-hydrogen) atoms. The van der Waals surface area contributed by atoms with Crippen LogP contribution in [0.3, 0.4) is 0 Å². The van der Waals surface area contributed by atoms with Gasteiger partial charge in [0.2, 0.25) is 11.9 Å². The summed E-state index contributed by atoms with van der Waals surface area (Å²) in [7, 11) is 0. The van der Waals surface area contributed by atoms with E-state index in [1.54, 1.807) is 10.8 Å². The number of primary amides is 1. The van der Waals surface area contributed by atoms with Gasteiger partial charge in [0.15, 0.2) is 5.65 Å². The molecule has 1 unspecified atom stereocenters. The van der Waals surface area contributed by atoms with E-state index in [1.807, 2.05) is 24.5 Å². The fourth-order valence-corrected chi connectivity index (χ4v) is 4.49. The summed E-state index contributed by atoms with van der Waals surface area (Å²) in [5, 5.41) is 7.54. The Balaban J connectivity index is 1.40. The standard InChI is InChI=1S/C21H22N8O2/c22-19(30)17(11-1-2-11)25-15-10-31-9-13-5-6-28-18(13)14(15)7-24-20(28)12-3-4-16-26-21(23)27-29(16)8-12/h3-4,7-8,10-11,17,25H,1-2,5-6,9H2,(H2,22,30)(H2,23,27). The Hall–Kier alpha value is -3.82. The van der Waals surface area contributed by atoms with Crippen LogP contribution >= 0.6 is 0 Å². The van der Waals surface area contributed by atoms with Crippen LogP contribution < -0.4 is 16.8 Å². The van der Waals surface area contributed by atoms with Gasteiger partial charge >= 0.3 is 0 Å². The van der Waals surface area contributed by atoms with E-state index in [-0.39, 0.29) is 17.8 Å². The van der Waals surface area contributed by atoms with Gasteiger partial charge < -0.3 is 26.4 Å². The van der Waals surface area contributed by atoms with Gasteiger partial charge in [-0.05, 0) is 42.9 Å². The molecule has 0 spiro atoms. The van der Waals surface area contributed by atoms with Gasteiger partial charge in [-0.25, -0.2) is 9.51 Å². The van der Waals surface area contributed by atoms with Crippen molar-refractivity contribution in [3.8, 4) is 0 Å². The van der Waals surface area contributed by atoms with Gasteiger partial charge in [-0.2, -0.15) is 4.98 Å². The minimum atomic E-state index is -0.404.